The van der Waals surface area contributed by atoms with Crippen molar-refractivity contribution in [3.8, 4) is 11.5 Å². The van der Waals surface area contributed by atoms with Crippen LogP contribution in [-0.2, 0) is 12.8 Å². The second kappa shape index (κ2) is 5.92. The third-order valence-electron chi connectivity index (χ3n) is 2.54. The van der Waals surface area contributed by atoms with Crippen molar-refractivity contribution in [1.29, 1.82) is 0 Å². The van der Waals surface area contributed by atoms with Crippen molar-refractivity contribution in [2.75, 3.05) is 0 Å². The van der Waals surface area contributed by atoms with Gasteiger partial charge >= 0.3 is 0 Å². The van der Waals surface area contributed by atoms with Crippen LogP contribution >= 0.6 is 31.9 Å². The molecule has 0 aliphatic carbocycles. The summed E-state index contributed by atoms with van der Waals surface area (Å²) in [5, 5.41) is 19.7. The molecule has 0 atom stereocenters. The van der Waals surface area contributed by atoms with Crippen LogP contribution in [0.3, 0.4) is 0 Å². The summed E-state index contributed by atoms with van der Waals surface area (Å²) in [6.07, 6.45) is 3.62. The lowest BCUT2D eigenvalue weighted by Crippen LogP contribution is -1.98. The molecule has 0 aliphatic heterocycles. The van der Waals surface area contributed by atoms with Gasteiger partial charge in [0.25, 0.3) is 0 Å². The number of hydrogen-bond acceptors (Lipinski definition) is 2. The summed E-state index contributed by atoms with van der Waals surface area (Å²) < 4.78 is 1.39. The van der Waals surface area contributed by atoms with Gasteiger partial charge in [-0.2, -0.15) is 0 Å². The SMILES string of the molecule is CCCc1c(O)c(O)c(Br)c(Br)c1CCC. The van der Waals surface area contributed by atoms with E-state index >= 15 is 0 Å². The zero-order chi connectivity index (χ0) is 12.3. The summed E-state index contributed by atoms with van der Waals surface area (Å²) in [6, 6.07) is 0. The molecule has 16 heavy (non-hydrogen) atoms. The second-order valence-corrected chi connectivity index (χ2v) is 5.37. The molecule has 2 nitrogen and oxygen atoms in total. The second-order valence-electron chi connectivity index (χ2n) is 3.78. The molecule has 90 valence electrons. The number of aromatic hydroxyl groups is 2. The van der Waals surface area contributed by atoms with Gasteiger partial charge in [0.2, 0.25) is 0 Å². The summed E-state index contributed by atoms with van der Waals surface area (Å²) >= 11 is 6.75. The summed E-state index contributed by atoms with van der Waals surface area (Å²) in [5.41, 5.74) is 1.95. The Labute approximate surface area is 113 Å². The van der Waals surface area contributed by atoms with Crippen LogP contribution in [0.1, 0.15) is 37.8 Å². The highest BCUT2D eigenvalue weighted by Crippen LogP contribution is 2.45. The first-order chi connectivity index (χ1) is 7.54. The van der Waals surface area contributed by atoms with Crippen molar-refractivity contribution in [2.45, 2.75) is 39.5 Å². The zero-order valence-electron chi connectivity index (χ0n) is 9.48. The Balaban J connectivity index is 3.42. The van der Waals surface area contributed by atoms with Crippen molar-refractivity contribution in [3.05, 3.63) is 20.1 Å². The van der Waals surface area contributed by atoms with Crippen molar-refractivity contribution in [2.24, 2.45) is 0 Å². The van der Waals surface area contributed by atoms with Crippen molar-refractivity contribution in [1.82, 2.24) is 0 Å². The van der Waals surface area contributed by atoms with Crippen molar-refractivity contribution in [3.63, 3.8) is 0 Å². The first kappa shape index (κ1) is 13.8. The molecular weight excluding hydrogens is 336 g/mol. The Bertz CT molecular complexity index is 352. The lowest BCUT2D eigenvalue weighted by molar-refractivity contribution is 0.395. The molecule has 0 heterocycles. The van der Waals surface area contributed by atoms with Crippen LogP contribution in [0.2, 0.25) is 0 Å². The molecule has 0 aliphatic rings. The normalized spacial score (nSPS) is 10.8. The summed E-state index contributed by atoms with van der Waals surface area (Å²) in [4.78, 5) is 0. The Morgan fingerprint density at radius 1 is 0.812 bits per heavy atom. The maximum atomic E-state index is 9.94. The zero-order valence-corrected chi connectivity index (χ0v) is 12.7. The smallest absolute Gasteiger partial charge is 0.173 e. The van der Waals surface area contributed by atoms with Gasteiger partial charge in [0.05, 0.1) is 4.47 Å². The maximum absolute atomic E-state index is 9.94. The fraction of sp³-hybridized carbons (Fsp3) is 0.500. The number of rotatable bonds is 4. The molecule has 0 radical (unpaired) electrons. The summed E-state index contributed by atoms with van der Waals surface area (Å²) in [6.45, 7) is 4.15. The minimum absolute atomic E-state index is 0.0142. The molecule has 0 bridgehead atoms. The maximum Gasteiger partial charge on any atom is 0.173 e. The minimum atomic E-state index is -0.0739. The topological polar surface area (TPSA) is 40.5 Å². The van der Waals surface area contributed by atoms with Gasteiger partial charge in [-0.05, 0) is 50.3 Å². The average Bonchev–Trinajstić information content (AvgIpc) is 2.28. The van der Waals surface area contributed by atoms with E-state index in [1.807, 2.05) is 0 Å². The molecule has 4 heteroatoms. The van der Waals surface area contributed by atoms with Gasteiger partial charge in [-0.25, -0.2) is 0 Å². The molecule has 0 unspecified atom stereocenters. The Hall–Kier alpha value is -0.220. The van der Waals surface area contributed by atoms with Crippen LogP contribution in [0.25, 0.3) is 0 Å². The van der Waals surface area contributed by atoms with Crippen molar-refractivity contribution < 1.29 is 10.2 Å². The Morgan fingerprint density at radius 3 is 1.81 bits per heavy atom. The van der Waals surface area contributed by atoms with E-state index in [1.54, 1.807) is 0 Å². The molecule has 1 aromatic rings. The molecule has 0 spiro atoms. The number of hydrogen-bond donors (Lipinski definition) is 2. The largest absolute Gasteiger partial charge is 0.504 e. The van der Waals surface area contributed by atoms with E-state index in [2.05, 4.69) is 45.7 Å². The monoisotopic (exact) mass is 350 g/mol. The van der Waals surface area contributed by atoms with Crippen LogP contribution in [0, 0.1) is 0 Å². The van der Waals surface area contributed by atoms with Crippen LogP contribution < -0.4 is 0 Å². The van der Waals surface area contributed by atoms with Crippen LogP contribution in [0.5, 0.6) is 11.5 Å². The highest BCUT2D eigenvalue weighted by molar-refractivity contribution is 9.13. The fourth-order valence-electron chi connectivity index (χ4n) is 1.79. The van der Waals surface area contributed by atoms with Gasteiger partial charge in [0.15, 0.2) is 11.5 Å². The average molecular weight is 352 g/mol. The number of phenols is 2. The van der Waals surface area contributed by atoms with Crippen LogP contribution in [-0.4, -0.2) is 10.2 Å². The number of benzene rings is 1. The van der Waals surface area contributed by atoms with Gasteiger partial charge in [-0.15, -0.1) is 0 Å². The quantitative estimate of drug-likeness (QED) is 0.782. The van der Waals surface area contributed by atoms with Gasteiger partial charge in [-0.1, -0.05) is 26.7 Å². The standard InChI is InChI=1S/C12H16Br2O2/c1-3-5-7-8(6-4-2)11(15)12(16)10(14)9(7)13/h15-16H,3-6H2,1-2H3. The van der Waals surface area contributed by atoms with Gasteiger partial charge in [0, 0.05) is 10.0 Å². The molecule has 1 rings (SSSR count). The molecule has 0 fully saturated rings. The number of phenolic OH excluding ortho intramolecular Hbond substituents is 2. The predicted molar refractivity (Wildman–Crippen MR) is 73.2 cm³/mol. The predicted octanol–water partition coefficient (Wildman–Crippen LogP) is 4.53. The third-order valence-corrected chi connectivity index (χ3v) is 4.72. The molecular formula is C12H16Br2O2. The molecule has 0 saturated carbocycles. The summed E-state index contributed by atoms with van der Waals surface area (Å²) in [7, 11) is 0. The van der Waals surface area contributed by atoms with Gasteiger partial charge in [-0.3, -0.25) is 0 Å². The lowest BCUT2D eigenvalue weighted by Gasteiger charge is -2.16. The molecule has 2 N–H and O–H groups in total. The Kier molecular flexibility index (Phi) is 5.12. The molecule has 0 aromatic heterocycles. The molecule has 1 aromatic carbocycles. The minimum Gasteiger partial charge on any atom is -0.504 e. The first-order valence-electron chi connectivity index (χ1n) is 5.45. The first-order valence-corrected chi connectivity index (χ1v) is 7.03. The van der Waals surface area contributed by atoms with E-state index in [0.29, 0.717) is 4.47 Å². The van der Waals surface area contributed by atoms with E-state index in [0.717, 1.165) is 41.3 Å². The fourth-order valence-corrected chi connectivity index (χ4v) is 2.84. The van der Waals surface area contributed by atoms with Crippen LogP contribution in [0.4, 0.5) is 0 Å². The summed E-state index contributed by atoms with van der Waals surface area (Å²) in [5.74, 6) is -0.0597. The van der Waals surface area contributed by atoms with E-state index < -0.39 is 0 Å². The Morgan fingerprint density at radius 2 is 1.31 bits per heavy atom. The highest BCUT2D eigenvalue weighted by Gasteiger charge is 2.19. The van der Waals surface area contributed by atoms with Crippen LogP contribution in [0.15, 0.2) is 8.95 Å². The van der Waals surface area contributed by atoms with E-state index in [9.17, 15) is 10.2 Å². The molecule has 0 saturated heterocycles. The van der Waals surface area contributed by atoms with E-state index in [1.165, 1.54) is 0 Å². The van der Waals surface area contributed by atoms with E-state index in [4.69, 9.17) is 0 Å². The van der Waals surface area contributed by atoms with Gasteiger partial charge in [0.1, 0.15) is 0 Å². The van der Waals surface area contributed by atoms with Gasteiger partial charge < -0.3 is 10.2 Å². The van der Waals surface area contributed by atoms with Crippen molar-refractivity contribution >= 4 is 31.9 Å². The lowest BCUT2D eigenvalue weighted by atomic mass is 9.98. The molecule has 0 amide bonds. The van der Waals surface area contributed by atoms with E-state index in [-0.39, 0.29) is 11.5 Å². The third kappa shape index (κ3) is 2.54. The number of halogens is 2. The highest BCUT2D eigenvalue weighted by atomic mass is 79.9.